The predicted octanol–water partition coefficient (Wildman–Crippen LogP) is 6.61. The zero-order valence-corrected chi connectivity index (χ0v) is 17.9. The maximum atomic E-state index is 6.10. The Kier molecular flexibility index (Phi) is 5.93. The lowest BCUT2D eigenvalue weighted by molar-refractivity contribution is 0.306. The molecule has 30 heavy (non-hydrogen) atoms. The molecule has 4 aromatic rings. The molecule has 0 radical (unpaired) electrons. The summed E-state index contributed by atoms with van der Waals surface area (Å²) in [7, 11) is 1.58. The minimum absolute atomic E-state index is 0.410. The fourth-order valence-electron chi connectivity index (χ4n) is 2.92. The van der Waals surface area contributed by atoms with Gasteiger partial charge in [-0.25, -0.2) is 0 Å². The molecule has 3 aromatic carbocycles. The average Bonchev–Trinajstić information content (AvgIpc) is 3.25. The van der Waals surface area contributed by atoms with E-state index in [1.807, 2.05) is 49.4 Å². The molecule has 0 aliphatic heterocycles. The SMILES string of the molecule is COc1ccc(Cl)cc1-c1noc(-c2ccc(COc3ccc(Cl)c(C)c3)cc2)n1. The smallest absolute Gasteiger partial charge is 0.258 e. The van der Waals surface area contributed by atoms with Gasteiger partial charge in [0.1, 0.15) is 18.1 Å². The van der Waals surface area contributed by atoms with E-state index in [1.165, 1.54) is 0 Å². The summed E-state index contributed by atoms with van der Waals surface area (Å²) in [6, 6.07) is 18.6. The molecule has 1 aromatic heterocycles. The van der Waals surface area contributed by atoms with Gasteiger partial charge in [0.25, 0.3) is 5.89 Å². The van der Waals surface area contributed by atoms with Gasteiger partial charge in [0.2, 0.25) is 5.82 Å². The Morgan fingerprint density at radius 2 is 1.77 bits per heavy atom. The lowest BCUT2D eigenvalue weighted by Gasteiger charge is -2.08. The van der Waals surface area contributed by atoms with Gasteiger partial charge in [-0.2, -0.15) is 4.98 Å². The fourth-order valence-corrected chi connectivity index (χ4v) is 3.21. The van der Waals surface area contributed by atoms with Crippen molar-refractivity contribution < 1.29 is 14.0 Å². The van der Waals surface area contributed by atoms with Crippen molar-refractivity contribution in [1.82, 2.24) is 10.1 Å². The molecule has 0 bridgehead atoms. The Morgan fingerprint density at radius 3 is 2.50 bits per heavy atom. The second-order valence-corrected chi connectivity index (χ2v) is 7.51. The zero-order chi connectivity index (χ0) is 21.1. The summed E-state index contributed by atoms with van der Waals surface area (Å²) in [4.78, 5) is 4.48. The fraction of sp³-hybridized carbons (Fsp3) is 0.130. The summed E-state index contributed by atoms with van der Waals surface area (Å²) in [6.07, 6.45) is 0. The molecular weight excluding hydrogens is 423 g/mol. The minimum atomic E-state index is 0.410. The van der Waals surface area contributed by atoms with Crippen LogP contribution in [-0.4, -0.2) is 17.3 Å². The van der Waals surface area contributed by atoms with Crippen LogP contribution in [0.2, 0.25) is 10.0 Å². The average molecular weight is 441 g/mol. The standard InChI is InChI=1S/C23H18Cl2N2O3/c1-14-11-18(8-9-20(14)25)29-13-15-3-5-16(6-4-15)23-26-22(27-30-23)19-12-17(24)7-10-21(19)28-2/h3-12H,13H2,1-2H3. The second kappa shape index (κ2) is 8.78. The Balaban J connectivity index is 1.48. The highest BCUT2D eigenvalue weighted by Crippen LogP contribution is 2.32. The van der Waals surface area contributed by atoms with Gasteiger partial charge < -0.3 is 14.0 Å². The van der Waals surface area contributed by atoms with Gasteiger partial charge in [-0.3, -0.25) is 0 Å². The van der Waals surface area contributed by atoms with Gasteiger partial charge in [0.05, 0.1) is 12.7 Å². The molecule has 1 heterocycles. The first-order chi connectivity index (χ1) is 14.5. The second-order valence-electron chi connectivity index (χ2n) is 6.66. The molecule has 7 heteroatoms. The Labute approximate surface area is 184 Å². The van der Waals surface area contributed by atoms with Gasteiger partial charge in [0.15, 0.2) is 0 Å². The molecule has 0 atom stereocenters. The van der Waals surface area contributed by atoms with Crippen molar-refractivity contribution in [2.75, 3.05) is 7.11 Å². The van der Waals surface area contributed by atoms with E-state index in [2.05, 4.69) is 10.1 Å². The van der Waals surface area contributed by atoms with Crippen molar-refractivity contribution in [3.8, 4) is 34.3 Å². The van der Waals surface area contributed by atoms with Crippen LogP contribution in [0.15, 0.2) is 65.2 Å². The van der Waals surface area contributed by atoms with Crippen molar-refractivity contribution >= 4 is 23.2 Å². The van der Waals surface area contributed by atoms with Crippen molar-refractivity contribution in [3.63, 3.8) is 0 Å². The van der Waals surface area contributed by atoms with Gasteiger partial charge in [-0.05, 0) is 66.6 Å². The van der Waals surface area contributed by atoms with Crippen LogP contribution < -0.4 is 9.47 Å². The number of halogens is 2. The molecular formula is C23H18Cl2N2O3. The van der Waals surface area contributed by atoms with E-state index in [0.29, 0.717) is 34.7 Å². The molecule has 0 N–H and O–H groups in total. The molecule has 0 aliphatic rings. The summed E-state index contributed by atoms with van der Waals surface area (Å²) in [6.45, 7) is 2.39. The number of hydrogen-bond acceptors (Lipinski definition) is 5. The summed E-state index contributed by atoms with van der Waals surface area (Å²) < 4.78 is 16.6. The number of nitrogens with zero attached hydrogens (tertiary/aromatic N) is 2. The van der Waals surface area contributed by atoms with Crippen molar-refractivity contribution in [3.05, 3.63) is 81.8 Å². The molecule has 0 amide bonds. The van der Waals surface area contributed by atoms with Gasteiger partial charge in [-0.1, -0.05) is 40.5 Å². The van der Waals surface area contributed by atoms with Crippen LogP contribution in [0, 0.1) is 6.92 Å². The third kappa shape index (κ3) is 4.42. The highest BCUT2D eigenvalue weighted by Gasteiger charge is 2.15. The van der Waals surface area contributed by atoms with Crippen LogP contribution in [-0.2, 0) is 6.61 Å². The van der Waals surface area contributed by atoms with Crippen LogP contribution in [0.1, 0.15) is 11.1 Å². The van der Waals surface area contributed by atoms with Crippen LogP contribution in [0.4, 0.5) is 0 Å². The molecule has 0 unspecified atom stereocenters. The zero-order valence-electron chi connectivity index (χ0n) is 16.4. The number of aryl methyl sites for hydroxylation is 1. The number of rotatable bonds is 6. The molecule has 0 saturated carbocycles. The van der Waals surface area contributed by atoms with Crippen molar-refractivity contribution in [1.29, 1.82) is 0 Å². The minimum Gasteiger partial charge on any atom is -0.496 e. The monoisotopic (exact) mass is 440 g/mol. The van der Waals surface area contributed by atoms with E-state index >= 15 is 0 Å². The number of ether oxygens (including phenoxy) is 2. The van der Waals surface area contributed by atoms with E-state index in [0.717, 1.165) is 27.5 Å². The van der Waals surface area contributed by atoms with E-state index < -0.39 is 0 Å². The first kappa shape index (κ1) is 20.3. The van der Waals surface area contributed by atoms with Crippen molar-refractivity contribution in [2.24, 2.45) is 0 Å². The Hall–Kier alpha value is -3.02. The van der Waals surface area contributed by atoms with Crippen LogP contribution in [0.5, 0.6) is 11.5 Å². The predicted molar refractivity (Wildman–Crippen MR) is 117 cm³/mol. The number of hydrogen-bond donors (Lipinski definition) is 0. The molecule has 0 fully saturated rings. The molecule has 4 rings (SSSR count). The van der Waals surface area contributed by atoms with E-state index in [4.69, 9.17) is 37.2 Å². The van der Waals surface area contributed by atoms with E-state index in [9.17, 15) is 0 Å². The highest BCUT2D eigenvalue weighted by molar-refractivity contribution is 6.31. The van der Waals surface area contributed by atoms with Crippen LogP contribution in [0.25, 0.3) is 22.8 Å². The summed E-state index contributed by atoms with van der Waals surface area (Å²) >= 11 is 12.1. The topological polar surface area (TPSA) is 57.4 Å². The quantitative estimate of drug-likeness (QED) is 0.337. The van der Waals surface area contributed by atoms with Crippen LogP contribution in [0.3, 0.4) is 0 Å². The maximum Gasteiger partial charge on any atom is 0.258 e. The number of methoxy groups -OCH3 is 1. The first-order valence-corrected chi connectivity index (χ1v) is 9.95. The number of aromatic nitrogens is 2. The van der Waals surface area contributed by atoms with Gasteiger partial charge in [-0.15, -0.1) is 0 Å². The summed E-state index contributed by atoms with van der Waals surface area (Å²) in [5.74, 6) is 2.22. The molecule has 0 aliphatic carbocycles. The first-order valence-electron chi connectivity index (χ1n) is 9.19. The maximum absolute atomic E-state index is 6.10. The van der Waals surface area contributed by atoms with Crippen molar-refractivity contribution in [2.45, 2.75) is 13.5 Å². The third-order valence-corrected chi connectivity index (χ3v) is 5.22. The molecule has 0 saturated heterocycles. The molecule has 5 nitrogen and oxygen atoms in total. The van der Waals surface area contributed by atoms with E-state index in [1.54, 1.807) is 25.3 Å². The Morgan fingerprint density at radius 1 is 0.967 bits per heavy atom. The highest BCUT2D eigenvalue weighted by atomic mass is 35.5. The molecule has 0 spiro atoms. The lowest BCUT2D eigenvalue weighted by atomic mass is 10.1. The number of benzene rings is 3. The van der Waals surface area contributed by atoms with Gasteiger partial charge >= 0.3 is 0 Å². The summed E-state index contributed by atoms with van der Waals surface area (Å²) in [5, 5.41) is 5.36. The normalized spacial score (nSPS) is 10.8. The third-order valence-electron chi connectivity index (χ3n) is 4.56. The molecule has 152 valence electrons. The summed E-state index contributed by atoms with van der Waals surface area (Å²) in [5.41, 5.74) is 3.47. The van der Waals surface area contributed by atoms with E-state index in [-0.39, 0.29) is 0 Å². The Bertz CT molecular complexity index is 1170. The van der Waals surface area contributed by atoms with Crippen LogP contribution >= 0.6 is 23.2 Å². The largest absolute Gasteiger partial charge is 0.496 e. The van der Waals surface area contributed by atoms with Gasteiger partial charge in [0, 0.05) is 15.6 Å². The lowest BCUT2D eigenvalue weighted by Crippen LogP contribution is -1.95.